The van der Waals surface area contributed by atoms with Crippen LogP contribution in [0.4, 0.5) is 0 Å². The van der Waals surface area contributed by atoms with Gasteiger partial charge in [-0.15, -0.1) is 0 Å². The minimum Gasteiger partial charge on any atom is -0.417 e. The molecule has 30 heavy (non-hydrogen) atoms. The summed E-state index contributed by atoms with van der Waals surface area (Å²) in [5.74, 6) is 1.28. The van der Waals surface area contributed by atoms with Crippen LogP contribution in [0.1, 0.15) is 88.9 Å². The van der Waals surface area contributed by atoms with Gasteiger partial charge >= 0.3 is 0 Å². The van der Waals surface area contributed by atoms with E-state index in [0.717, 1.165) is 37.4 Å². The van der Waals surface area contributed by atoms with Gasteiger partial charge in [0.05, 0.1) is 0 Å². The number of benzene rings is 1. The Hall–Kier alpha value is -1.19. The van der Waals surface area contributed by atoms with Crippen molar-refractivity contribution in [2.45, 2.75) is 96.7 Å². The molecule has 0 amide bonds. The van der Waals surface area contributed by atoms with E-state index in [0.29, 0.717) is 6.42 Å². The smallest absolute Gasteiger partial charge is 0.191 e. The van der Waals surface area contributed by atoms with Crippen molar-refractivity contribution in [1.82, 2.24) is 0 Å². The summed E-state index contributed by atoms with van der Waals surface area (Å²) < 4.78 is 6.39. The lowest BCUT2D eigenvalue weighted by Gasteiger charge is -2.36. The lowest BCUT2D eigenvalue weighted by molar-refractivity contribution is 0.0962. The molecule has 0 radical (unpaired) electrons. The zero-order valence-corrected chi connectivity index (χ0v) is 21.1. The van der Waals surface area contributed by atoms with Crippen molar-refractivity contribution < 1.29 is 9.22 Å². The highest BCUT2D eigenvalue weighted by Gasteiger charge is 2.36. The summed E-state index contributed by atoms with van der Waals surface area (Å²) in [6, 6.07) is 9.74. The largest absolute Gasteiger partial charge is 0.417 e. The third-order valence-electron chi connectivity index (χ3n) is 7.35. The quantitative estimate of drug-likeness (QED) is 0.154. The minimum absolute atomic E-state index is 0.236. The molecule has 1 saturated carbocycles. The van der Waals surface area contributed by atoms with E-state index in [1.54, 1.807) is 0 Å². The zero-order valence-electron chi connectivity index (χ0n) is 20.1. The fourth-order valence-corrected chi connectivity index (χ4v) is 5.31. The second-order valence-corrected chi connectivity index (χ2v) is 15.6. The second-order valence-electron chi connectivity index (χ2n) is 10.8. The predicted molar refractivity (Wildman–Crippen MR) is 132 cm³/mol. The number of hydrogen-bond acceptors (Lipinski definition) is 2. The van der Waals surface area contributed by atoms with Crippen LogP contribution in [0.15, 0.2) is 42.5 Å². The van der Waals surface area contributed by atoms with Gasteiger partial charge in [-0.2, -0.15) is 0 Å². The van der Waals surface area contributed by atoms with Gasteiger partial charge in [-0.05, 0) is 49.2 Å². The van der Waals surface area contributed by atoms with Gasteiger partial charge in [-0.1, -0.05) is 95.4 Å². The van der Waals surface area contributed by atoms with Crippen LogP contribution in [0.25, 0.3) is 0 Å². The summed E-state index contributed by atoms with van der Waals surface area (Å²) >= 11 is 0. The van der Waals surface area contributed by atoms with Crippen molar-refractivity contribution in [1.29, 1.82) is 0 Å². The summed E-state index contributed by atoms with van der Waals surface area (Å²) in [7, 11) is -1.71. The Morgan fingerprint density at radius 3 is 2.37 bits per heavy atom. The third kappa shape index (κ3) is 7.81. The molecule has 0 spiro atoms. The van der Waals surface area contributed by atoms with Crippen molar-refractivity contribution >= 4 is 14.1 Å². The Kier molecular flexibility index (Phi) is 9.55. The van der Waals surface area contributed by atoms with E-state index < -0.39 is 8.32 Å². The molecule has 1 aromatic rings. The van der Waals surface area contributed by atoms with Crippen LogP contribution >= 0.6 is 0 Å². The highest BCUT2D eigenvalue weighted by molar-refractivity contribution is 6.74. The Morgan fingerprint density at radius 2 is 1.77 bits per heavy atom. The fraction of sp³-hybridized carbons (Fsp3) is 0.667. The number of allylic oxidation sites excluding steroid dienone is 1. The van der Waals surface area contributed by atoms with Crippen LogP contribution in [-0.4, -0.2) is 20.7 Å². The van der Waals surface area contributed by atoms with Crippen LogP contribution in [0.3, 0.4) is 0 Å². The van der Waals surface area contributed by atoms with Crippen LogP contribution in [-0.2, 0) is 4.43 Å². The Balaban J connectivity index is 1.95. The first-order valence-corrected chi connectivity index (χ1v) is 14.9. The zero-order chi connectivity index (χ0) is 22.2. The molecule has 168 valence electrons. The Labute approximate surface area is 186 Å². The minimum atomic E-state index is -1.71. The number of carbonyl (C=O) groups is 1. The molecule has 1 aromatic carbocycles. The fourth-order valence-electron chi connectivity index (χ4n) is 4.22. The molecule has 1 fully saturated rings. The maximum atomic E-state index is 12.9. The second kappa shape index (κ2) is 11.4. The van der Waals surface area contributed by atoms with Crippen molar-refractivity contribution in [3.05, 3.63) is 48.0 Å². The number of Topliss-reactive ketones (excluding diaryl/α,β-unsaturated/α-hetero) is 1. The Morgan fingerprint density at radius 1 is 1.13 bits per heavy atom. The molecular formula is C27H44O2Si. The van der Waals surface area contributed by atoms with E-state index in [1.165, 1.54) is 37.7 Å². The topological polar surface area (TPSA) is 26.3 Å². The molecule has 0 bridgehead atoms. The highest BCUT2D eigenvalue weighted by Crippen LogP contribution is 2.37. The molecule has 0 saturated heterocycles. The van der Waals surface area contributed by atoms with Gasteiger partial charge in [0.15, 0.2) is 14.1 Å². The highest BCUT2D eigenvalue weighted by atomic mass is 28.4. The molecule has 1 aliphatic carbocycles. The summed E-state index contributed by atoms with van der Waals surface area (Å²) in [6.45, 7) is 16.7. The lowest BCUT2D eigenvalue weighted by atomic mass is 9.79. The van der Waals surface area contributed by atoms with E-state index >= 15 is 0 Å². The van der Waals surface area contributed by atoms with Gasteiger partial charge in [0.2, 0.25) is 0 Å². The van der Waals surface area contributed by atoms with Gasteiger partial charge in [-0.3, -0.25) is 4.79 Å². The summed E-state index contributed by atoms with van der Waals surface area (Å²) in [6.07, 6.45) is 10.4. The molecule has 0 N–H and O–H groups in total. The molecule has 0 aliphatic heterocycles. The first kappa shape index (κ1) is 25.1. The van der Waals surface area contributed by atoms with E-state index in [-0.39, 0.29) is 16.7 Å². The molecule has 1 unspecified atom stereocenters. The van der Waals surface area contributed by atoms with Gasteiger partial charge in [0, 0.05) is 18.6 Å². The van der Waals surface area contributed by atoms with Crippen molar-refractivity contribution in [3.63, 3.8) is 0 Å². The van der Waals surface area contributed by atoms with Crippen LogP contribution in [0.2, 0.25) is 18.1 Å². The molecule has 0 aromatic heterocycles. The third-order valence-corrected chi connectivity index (χ3v) is 11.9. The summed E-state index contributed by atoms with van der Waals surface area (Å²) in [4.78, 5) is 12.9. The van der Waals surface area contributed by atoms with E-state index in [9.17, 15) is 4.79 Å². The number of carbonyl (C=O) groups excluding carboxylic acids is 1. The molecule has 2 rings (SSSR count). The SMILES string of the molecule is C=C(CC1CCCCC1)C(CCCO[Si](C)(C)C(C)(C)C)CC(=O)c1ccccc1. The van der Waals surface area contributed by atoms with Crippen LogP contribution in [0.5, 0.6) is 0 Å². The molecule has 2 nitrogen and oxygen atoms in total. The summed E-state index contributed by atoms with van der Waals surface area (Å²) in [5.41, 5.74) is 2.11. The van der Waals surface area contributed by atoms with E-state index in [4.69, 9.17) is 4.43 Å². The van der Waals surface area contributed by atoms with Gasteiger partial charge < -0.3 is 4.43 Å². The maximum absolute atomic E-state index is 12.9. The van der Waals surface area contributed by atoms with E-state index in [2.05, 4.69) is 40.4 Å². The van der Waals surface area contributed by atoms with Crippen molar-refractivity contribution in [2.24, 2.45) is 11.8 Å². The number of hydrogen-bond donors (Lipinski definition) is 0. The maximum Gasteiger partial charge on any atom is 0.191 e. The average Bonchev–Trinajstić information content (AvgIpc) is 2.70. The molecular weight excluding hydrogens is 384 g/mol. The van der Waals surface area contributed by atoms with Crippen molar-refractivity contribution in [2.75, 3.05) is 6.61 Å². The standard InChI is InChI=1S/C27H44O2Si/c1-22(20-23-14-9-7-10-15-23)25(21-26(28)24-16-11-8-12-17-24)18-13-19-29-30(5,6)27(2,3)4/h8,11-12,16-17,23,25H,1,7,9-10,13-15,18-21H2,2-6H3. The molecule has 1 aliphatic rings. The lowest BCUT2D eigenvalue weighted by Crippen LogP contribution is -2.41. The normalized spacial score (nSPS) is 17.0. The van der Waals surface area contributed by atoms with Gasteiger partial charge in [0.25, 0.3) is 0 Å². The Bertz CT molecular complexity index is 666. The van der Waals surface area contributed by atoms with Gasteiger partial charge in [-0.25, -0.2) is 0 Å². The molecule has 1 atom stereocenters. The number of rotatable bonds is 11. The average molecular weight is 429 g/mol. The monoisotopic (exact) mass is 428 g/mol. The van der Waals surface area contributed by atoms with E-state index in [1.807, 2.05) is 30.3 Å². The molecule has 3 heteroatoms. The van der Waals surface area contributed by atoms with Crippen LogP contribution < -0.4 is 0 Å². The molecule has 0 heterocycles. The summed E-state index contributed by atoms with van der Waals surface area (Å²) in [5, 5.41) is 0.236. The van der Waals surface area contributed by atoms with Crippen molar-refractivity contribution in [3.8, 4) is 0 Å². The first-order valence-electron chi connectivity index (χ1n) is 12.0. The number of ketones is 1. The first-order chi connectivity index (χ1) is 14.1. The predicted octanol–water partition coefficient (Wildman–Crippen LogP) is 8.20. The van der Waals surface area contributed by atoms with Gasteiger partial charge in [0.1, 0.15) is 0 Å². The van der Waals surface area contributed by atoms with Crippen LogP contribution in [0, 0.1) is 11.8 Å².